The molecule has 24 heavy (non-hydrogen) atoms. The van der Waals surface area contributed by atoms with Gasteiger partial charge in [0.1, 0.15) is 12.4 Å². The average molecular weight is 337 g/mol. The first-order chi connectivity index (χ1) is 11.2. The van der Waals surface area contributed by atoms with Crippen LogP contribution in [0.5, 0.6) is 5.75 Å². The SMILES string of the molecule is CCCOCCOCCOc1ccc(C(C)(C)CC(C)(C)C)cc1. The molecule has 0 aliphatic carbocycles. The number of hydrogen-bond acceptors (Lipinski definition) is 3. The Labute approximate surface area is 148 Å². The highest BCUT2D eigenvalue weighted by Crippen LogP contribution is 2.36. The van der Waals surface area contributed by atoms with Crippen molar-refractivity contribution in [2.24, 2.45) is 5.41 Å². The summed E-state index contributed by atoms with van der Waals surface area (Å²) >= 11 is 0. The third-order valence-corrected chi connectivity index (χ3v) is 3.82. The zero-order valence-corrected chi connectivity index (χ0v) is 16.5. The van der Waals surface area contributed by atoms with Crippen LogP contribution in [0.15, 0.2) is 24.3 Å². The highest BCUT2D eigenvalue weighted by Gasteiger charge is 2.27. The summed E-state index contributed by atoms with van der Waals surface area (Å²) in [6.07, 6.45) is 2.19. The van der Waals surface area contributed by atoms with Crippen LogP contribution in [0.3, 0.4) is 0 Å². The van der Waals surface area contributed by atoms with E-state index < -0.39 is 0 Å². The first kappa shape index (κ1) is 21.0. The van der Waals surface area contributed by atoms with Gasteiger partial charge >= 0.3 is 0 Å². The molecule has 0 aliphatic heterocycles. The van der Waals surface area contributed by atoms with Crippen molar-refractivity contribution in [3.05, 3.63) is 29.8 Å². The van der Waals surface area contributed by atoms with E-state index >= 15 is 0 Å². The zero-order chi connectivity index (χ0) is 18.1. The lowest BCUT2D eigenvalue weighted by Crippen LogP contribution is -2.24. The van der Waals surface area contributed by atoms with E-state index in [-0.39, 0.29) is 5.41 Å². The lowest BCUT2D eigenvalue weighted by Gasteiger charge is -2.33. The summed E-state index contributed by atoms with van der Waals surface area (Å²) < 4.78 is 16.6. The van der Waals surface area contributed by atoms with Crippen LogP contribution in [0, 0.1) is 5.41 Å². The summed E-state index contributed by atoms with van der Waals surface area (Å²) in [5, 5.41) is 0. The van der Waals surface area contributed by atoms with Crippen molar-refractivity contribution < 1.29 is 14.2 Å². The van der Waals surface area contributed by atoms with Crippen LogP contribution < -0.4 is 4.74 Å². The van der Waals surface area contributed by atoms with E-state index in [0.717, 1.165) is 25.2 Å². The van der Waals surface area contributed by atoms with Crippen LogP contribution in [-0.2, 0) is 14.9 Å². The van der Waals surface area contributed by atoms with Crippen LogP contribution in [-0.4, -0.2) is 33.0 Å². The van der Waals surface area contributed by atoms with Crippen LogP contribution >= 0.6 is 0 Å². The largest absolute Gasteiger partial charge is 0.491 e. The first-order valence-corrected chi connectivity index (χ1v) is 9.13. The van der Waals surface area contributed by atoms with Crippen molar-refractivity contribution in [3.8, 4) is 5.75 Å². The quantitative estimate of drug-likeness (QED) is 0.518. The molecule has 3 nitrogen and oxygen atoms in total. The topological polar surface area (TPSA) is 27.7 Å². The Kier molecular flexibility index (Phi) is 8.79. The standard InChI is InChI=1S/C21H36O3/c1-7-12-22-13-14-23-15-16-24-19-10-8-18(9-11-19)21(5,6)17-20(2,3)4/h8-11H,7,12-17H2,1-6H3. The van der Waals surface area contributed by atoms with Crippen LogP contribution in [0.2, 0.25) is 0 Å². The van der Waals surface area contributed by atoms with E-state index in [1.807, 2.05) is 0 Å². The molecule has 0 aromatic heterocycles. The Bertz CT molecular complexity index is 443. The fraction of sp³-hybridized carbons (Fsp3) is 0.714. The molecule has 0 saturated carbocycles. The second-order valence-electron chi connectivity index (χ2n) is 8.22. The molecule has 0 atom stereocenters. The van der Waals surface area contributed by atoms with Crippen molar-refractivity contribution in [1.82, 2.24) is 0 Å². The normalized spacial score (nSPS) is 12.4. The van der Waals surface area contributed by atoms with Crippen LogP contribution in [0.4, 0.5) is 0 Å². The van der Waals surface area contributed by atoms with Gasteiger partial charge in [-0.2, -0.15) is 0 Å². The Hall–Kier alpha value is -1.06. The fourth-order valence-corrected chi connectivity index (χ4v) is 3.11. The Morgan fingerprint density at radius 3 is 1.83 bits per heavy atom. The maximum absolute atomic E-state index is 5.74. The number of rotatable bonds is 11. The van der Waals surface area contributed by atoms with Crippen molar-refractivity contribution in [3.63, 3.8) is 0 Å². The van der Waals surface area contributed by atoms with Crippen molar-refractivity contribution in [2.45, 2.75) is 59.8 Å². The predicted molar refractivity (Wildman–Crippen MR) is 101 cm³/mol. The molecule has 0 N–H and O–H groups in total. The third-order valence-electron chi connectivity index (χ3n) is 3.82. The summed E-state index contributed by atoms with van der Waals surface area (Å²) in [5.74, 6) is 0.899. The van der Waals surface area contributed by atoms with Crippen molar-refractivity contribution >= 4 is 0 Å². The van der Waals surface area contributed by atoms with Crippen LogP contribution in [0.1, 0.15) is 59.9 Å². The molecule has 0 amide bonds. The van der Waals surface area contributed by atoms with Gasteiger partial charge in [-0.05, 0) is 41.4 Å². The Morgan fingerprint density at radius 1 is 0.750 bits per heavy atom. The van der Waals surface area contributed by atoms with E-state index in [2.05, 4.69) is 65.8 Å². The van der Waals surface area contributed by atoms with E-state index in [4.69, 9.17) is 14.2 Å². The van der Waals surface area contributed by atoms with E-state index in [1.165, 1.54) is 5.56 Å². The number of ether oxygens (including phenoxy) is 3. The van der Waals surface area contributed by atoms with Crippen molar-refractivity contribution in [2.75, 3.05) is 33.0 Å². The molecular weight excluding hydrogens is 300 g/mol. The minimum Gasteiger partial charge on any atom is -0.491 e. The maximum Gasteiger partial charge on any atom is 0.119 e. The predicted octanol–water partition coefficient (Wildman–Crippen LogP) is 5.22. The first-order valence-electron chi connectivity index (χ1n) is 9.13. The van der Waals surface area contributed by atoms with Gasteiger partial charge in [0, 0.05) is 6.61 Å². The lowest BCUT2D eigenvalue weighted by atomic mass is 9.72. The minimum absolute atomic E-state index is 0.165. The molecule has 1 aromatic carbocycles. The van der Waals surface area contributed by atoms with Gasteiger partial charge in [-0.25, -0.2) is 0 Å². The molecule has 0 aliphatic rings. The Balaban J connectivity index is 2.32. The van der Waals surface area contributed by atoms with Crippen LogP contribution in [0.25, 0.3) is 0 Å². The van der Waals surface area contributed by atoms with Gasteiger partial charge in [-0.15, -0.1) is 0 Å². The van der Waals surface area contributed by atoms with Gasteiger partial charge in [0.15, 0.2) is 0 Å². The summed E-state index contributed by atoms with van der Waals surface area (Å²) in [5.41, 5.74) is 1.84. The molecule has 0 spiro atoms. The Morgan fingerprint density at radius 2 is 1.29 bits per heavy atom. The smallest absolute Gasteiger partial charge is 0.119 e. The molecule has 0 radical (unpaired) electrons. The van der Waals surface area contributed by atoms with E-state index in [9.17, 15) is 0 Å². The molecule has 0 heterocycles. The van der Waals surface area contributed by atoms with Crippen molar-refractivity contribution in [1.29, 1.82) is 0 Å². The molecule has 1 aromatic rings. The number of hydrogen-bond donors (Lipinski definition) is 0. The zero-order valence-electron chi connectivity index (χ0n) is 16.5. The van der Waals surface area contributed by atoms with Gasteiger partial charge < -0.3 is 14.2 Å². The summed E-state index contributed by atoms with van der Waals surface area (Å²) in [6, 6.07) is 8.48. The molecule has 0 saturated heterocycles. The summed E-state index contributed by atoms with van der Waals surface area (Å²) in [4.78, 5) is 0. The molecular formula is C21H36O3. The molecule has 0 bridgehead atoms. The van der Waals surface area contributed by atoms with E-state index in [1.54, 1.807) is 0 Å². The minimum atomic E-state index is 0.165. The number of benzene rings is 1. The monoisotopic (exact) mass is 336 g/mol. The average Bonchev–Trinajstić information content (AvgIpc) is 2.48. The molecule has 3 heteroatoms. The second-order valence-corrected chi connectivity index (χ2v) is 8.22. The second kappa shape index (κ2) is 10.0. The third kappa shape index (κ3) is 8.70. The highest BCUT2D eigenvalue weighted by molar-refractivity contribution is 5.31. The summed E-state index contributed by atoms with van der Waals surface area (Å²) in [7, 11) is 0. The van der Waals surface area contributed by atoms with Gasteiger partial charge in [0.2, 0.25) is 0 Å². The van der Waals surface area contributed by atoms with Gasteiger partial charge in [0.05, 0.1) is 19.8 Å². The maximum atomic E-state index is 5.74. The highest BCUT2D eigenvalue weighted by atomic mass is 16.5. The fourth-order valence-electron chi connectivity index (χ4n) is 3.11. The van der Waals surface area contributed by atoms with E-state index in [0.29, 0.717) is 31.8 Å². The molecule has 1 rings (SSSR count). The van der Waals surface area contributed by atoms with Gasteiger partial charge in [-0.3, -0.25) is 0 Å². The molecule has 0 unspecified atom stereocenters. The lowest BCUT2D eigenvalue weighted by molar-refractivity contribution is 0.0366. The van der Waals surface area contributed by atoms with Gasteiger partial charge in [0.25, 0.3) is 0 Å². The summed E-state index contributed by atoms with van der Waals surface area (Å²) in [6.45, 7) is 16.8. The molecule has 138 valence electrons. The van der Waals surface area contributed by atoms with Gasteiger partial charge in [-0.1, -0.05) is 53.7 Å². The molecule has 0 fully saturated rings.